The van der Waals surface area contributed by atoms with Crippen molar-refractivity contribution >= 4 is 11.8 Å². The highest BCUT2D eigenvalue weighted by Crippen LogP contribution is 2.10. The lowest BCUT2D eigenvalue weighted by Gasteiger charge is -2.25. The van der Waals surface area contributed by atoms with Crippen molar-refractivity contribution in [1.29, 1.82) is 0 Å². The smallest absolute Gasteiger partial charge is 0.245 e. The molecule has 1 rings (SSSR count). The number of carbonyl (C=O) groups excluding carboxylic acids is 2. The van der Waals surface area contributed by atoms with E-state index in [2.05, 4.69) is 31.1 Å². The van der Waals surface area contributed by atoms with Gasteiger partial charge in [0.2, 0.25) is 11.8 Å². The third kappa shape index (κ3) is 6.04. The number of unbranched alkanes of at least 4 members (excludes halogenated alkanes) is 1. The number of carbonyl (C=O) groups is 2. The van der Waals surface area contributed by atoms with Gasteiger partial charge in [0.05, 0.1) is 0 Å². The molecule has 0 spiro atoms. The second-order valence-corrected chi connectivity index (χ2v) is 6.27. The molecule has 1 atom stereocenters. The zero-order valence-corrected chi connectivity index (χ0v) is 14.0. The molecule has 0 aromatic carbocycles. The Bertz CT molecular complexity index is 344. The zero-order chi connectivity index (χ0) is 15.8. The van der Waals surface area contributed by atoms with Crippen LogP contribution in [0.15, 0.2) is 0 Å². The molecule has 2 amide bonds. The Labute approximate surface area is 129 Å². The maximum atomic E-state index is 12.4. The second-order valence-electron chi connectivity index (χ2n) is 6.27. The molecular formula is C16H31N3O2. The first-order chi connectivity index (χ1) is 9.95. The van der Waals surface area contributed by atoms with Gasteiger partial charge in [-0.2, -0.15) is 0 Å². The van der Waals surface area contributed by atoms with Gasteiger partial charge in [0, 0.05) is 25.6 Å². The average Bonchev–Trinajstić information content (AvgIpc) is 2.56. The maximum Gasteiger partial charge on any atom is 0.245 e. The van der Waals surface area contributed by atoms with Crippen molar-refractivity contribution in [3.63, 3.8) is 0 Å². The van der Waals surface area contributed by atoms with E-state index in [-0.39, 0.29) is 17.9 Å². The molecule has 1 heterocycles. The highest BCUT2D eigenvalue weighted by atomic mass is 16.2. The topological polar surface area (TPSA) is 52.7 Å². The van der Waals surface area contributed by atoms with Crippen LogP contribution in [0.5, 0.6) is 0 Å². The number of nitrogens with zero attached hydrogens (tertiary/aromatic N) is 2. The van der Waals surface area contributed by atoms with Crippen molar-refractivity contribution in [2.75, 3.05) is 26.7 Å². The Balaban J connectivity index is 2.41. The molecule has 0 saturated carbocycles. The van der Waals surface area contributed by atoms with E-state index < -0.39 is 0 Å². The summed E-state index contributed by atoms with van der Waals surface area (Å²) in [7, 11) is 2.13. The molecule has 122 valence electrons. The zero-order valence-electron chi connectivity index (χ0n) is 14.0. The van der Waals surface area contributed by atoms with Crippen molar-refractivity contribution < 1.29 is 9.59 Å². The maximum absolute atomic E-state index is 12.4. The molecule has 5 nitrogen and oxygen atoms in total. The minimum atomic E-state index is -0.316. The van der Waals surface area contributed by atoms with Gasteiger partial charge in [-0.15, -0.1) is 0 Å². The van der Waals surface area contributed by atoms with Gasteiger partial charge in [-0.25, -0.2) is 0 Å². The van der Waals surface area contributed by atoms with Gasteiger partial charge >= 0.3 is 0 Å². The van der Waals surface area contributed by atoms with E-state index >= 15 is 0 Å². The van der Waals surface area contributed by atoms with E-state index in [1.165, 1.54) is 0 Å². The van der Waals surface area contributed by atoms with E-state index in [4.69, 9.17) is 0 Å². The highest BCUT2D eigenvalue weighted by molar-refractivity contribution is 5.89. The first kappa shape index (κ1) is 18.0. The summed E-state index contributed by atoms with van der Waals surface area (Å²) in [6.45, 7) is 8.78. The lowest BCUT2D eigenvalue weighted by Crippen LogP contribution is -2.44. The SMILES string of the molecule is CCCC1NC(=O)CCN(CCCCN(C)C(C)C)C1=O. The number of hydrogen-bond acceptors (Lipinski definition) is 3. The molecule has 1 aliphatic rings. The monoisotopic (exact) mass is 297 g/mol. The number of nitrogens with one attached hydrogen (secondary N) is 1. The molecule has 0 radical (unpaired) electrons. The Hall–Kier alpha value is -1.10. The average molecular weight is 297 g/mol. The summed E-state index contributed by atoms with van der Waals surface area (Å²) in [6, 6.07) is 0.240. The normalized spacial score (nSPS) is 20.1. The van der Waals surface area contributed by atoms with Gasteiger partial charge in [0.1, 0.15) is 6.04 Å². The third-order valence-electron chi connectivity index (χ3n) is 4.20. The van der Waals surface area contributed by atoms with Crippen LogP contribution in [0.25, 0.3) is 0 Å². The predicted molar refractivity (Wildman–Crippen MR) is 85.0 cm³/mol. The van der Waals surface area contributed by atoms with E-state index in [1.54, 1.807) is 0 Å². The molecule has 0 aromatic rings. The Kier molecular flexibility index (Phi) is 7.72. The van der Waals surface area contributed by atoms with Crippen molar-refractivity contribution in [2.45, 2.75) is 65.0 Å². The van der Waals surface area contributed by atoms with E-state index in [1.807, 2.05) is 11.8 Å². The van der Waals surface area contributed by atoms with E-state index in [9.17, 15) is 9.59 Å². The van der Waals surface area contributed by atoms with Gasteiger partial charge in [-0.1, -0.05) is 13.3 Å². The van der Waals surface area contributed by atoms with Crippen LogP contribution in [0.2, 0.25) is 0 Å². The summed E-state index contributed by atoms with van der Waals surface area (Å²) >= 11 is 0. The van der Waals surface area contributed by atoms with Crippen LogP contribution in [0.4, 0.5) is 0 Å². The first-order valence-corrected chi connectivity index (χ1v) is 8.24. The standard InChI is InChI=1S/C16H31N3O2/c1-5-8-14-16(21)19(12-9-15(20)17-14)11-7-6-10-18(4)13(2)3/h13-14H,5-12H2,1-4H3,(H,17,20). The number of rotatable bonds is 8. The molecule has 0 aliphatic carbocycles. The molecule has 0 bridgehead atoms. The van der Waals surface area contributed by atoms with Crippen LogP contribution in [0.3, 0.4) is 0 Å². The molecular weight excluding hydrogens is 266 g/mol. The van der Waals surface area contributed by atoms with Gasteiger partial charge in [0.25, 0.3) is 0 Å². The van der Waals surface area contributed by atoms with Crippen LogP contribution in [0.1, 0.15) is 52.9 Å². The molecule has 1 fully saturated rings. The predicted octanol–water partition coefficient (Wildman–Crippen LogP) is 1.62. The van der Waals surface area contributed by atoms with Crippen molar-refractivity contribution in [1.82, 2.24) is 15.1 Å². The van der Waals surface area contributed by atoms with Gasteiger partial charge in [0.15, 0.2) is 0 Å². The minimum Gasteiger partial charge on any atom is -0.344 e. The number of amides is 2. The Morgan fingerprint density at radius 3 is 2.67 bits per heavy atom. The molecule has 1 aliphatic heterocycles. The van der Waals surface area contributed by atoms with Crippen LogP contribution in [-0.2, 0) is 9.59 Å². The molecule has 0 aromatic heterocycles. The quantitative estimate of drug-likeness (QED) is 0.693. The third-order valence-corrected chi connectivity index (χ3v) is 4.20. The van der Waals surface area contributed by atoms with E-state index in [0.29, 0.717) is 19.0 Å². The van der Waals surface area contributed by atoms with Gasteiger partial charge in [-0.3, -0.25) is 9.59 Å². The summed E-state index contributed by atoms with van der Waals surface area (Å²) in [5.74, 6) is 0.101. The minimum absolute atomic E-state index is 0.00356. The molecule has 1 N–H and O–H groups in total. The first-order valence-electron chi connectivity index (χ1n) is 8.24. The van der Waals surface area contributed by atoms with Crippen LogP contribution in [-0.4, -0.2) is 60.4 Å². The summed E-state index contributed by atoms with van der Waals surface area (Å²) in [5, 5.41) is 2.84. The van der Waals surface area contributed by atoms with E-state index in [0.717, 1.165) is 38.8 Å². The molecule has 1 unspecified atom stereocenters. The fraction of sp³-hybridized carbons (Fsp3) is 0.875. The van der Waals surface area contributed by atoms with Crippen LogP contribution < -0.4 is 5.32 Å². The number of hydrogen-bond donors (Lipinski definition) is 1. The fourth-order valence-electron chi connectivity index (χ4n) is 2.52. The lowest BCUT2D eigenvalue weighted by molar-refractivity contribution is -0.133. The molecule has 1 saturated heterocycles. The fourth-order valence-corrected chi connectivity index (χ4v) is 2.52. The summed E-state index contributed by atoms with van der Waals surface area (Å²) in [5.41, 5.74) is 0. The van der Waals surface area contributed by atoms with Crippen LogP contribution in [0, 0.1) is 0 Å². The highest BCUT2D eigenvalue weighted by Gasteiger charge is 2.28. The largest absolute Gasteiger partial charge is 0.344 e. The Morgan fingerprint density at radius 1 is 1.33 bits per heavy atom. The lowest BCUT2D eigenvalue weighted by atomic mass is 10.1. The van der Waals surface area contributed by atoms with Crippen molar-refractivity contribution in [2.24, 2.45) is 0 Å². The summed E-state index contributed by atoms with van der Waals surface area (Å²) in [4.78, 5) is 28.3. The molecule has 5 heteroatoms. The van der Waals surface area contributed by atoms with Crippen molar-refractivity contribution in [3.05, 3.63) is 0 Å². The molecule has 21 heavy (non-hydrogen) atoms. The van der Waals surface area contributed by atoms with Gasteiger partial charge in [-0.05, 0) is 46.7 Å². The second kappa shape index (κ2) is 9.03. The summed E-state index contributed by atoms with van der Waals surface area (Å²) in [6.07, 6.45) is 4.15. The van der Waals surface area contributed by atoms with Gasteiger partial charge < -0.3 is 15.1 Å². The Morgan fingerprint density at radius 2 is 2.05 bits per heavy atom. The summed E-state index contributed by atoms with van der Waals surface area (Å²) < 4.78 is 0. The van der Waals surface area contributed by atoms with Crippen LogP contribution >= 0.6 is 0 Å². The van der Waals surface area contributed by atoms with Crippen molar-refractivity contribution in [3.8, 4) is 0 Å².